The standard InChI is InChI=1S/C19H31N3OS/c1-5-20-18(21-12-14-24(23)19(2,3)4)22-13-11-17(15-22)16-9-7-6-8-10-16/h6-10,17H,5,11-15H2,1-4H3,(H,20,21). The van der Waals surface area contributed by atoms with Crippen LogP contribution in [0, 0.1) is 0 Å². The molecule has 0 bridgehead atoms. The summed E-state index contributed by atoms with van der Waals surface area (Å²) in [6.07, 6.45) is 1.16. The van der Waals surface area contributed by atoms with Crippen molar-refractivity contribution in [2.75, 3.05) is 31.9 Å². The lowest BCUT2D eigenvalue weighted by Crippen LogP contribution is -2.40. The first-order chi connectivity index (χ1) is 11.4. The molecule has 0 aromatic heterocycles. The third-order valence-electron chi connectivity index (χ3n) is 4.31. The number of guanidine groups is 1. The van der Waals surface area contributed by atoms with Crippen LogP contribution in [0.3, 0.4) is 0 Å². The van der Waals surface area contributed by atoms with Crippen molar-refractivity contribution in [2.45, 2.75) is 44.8 Å². The van der Waals surface area contributed by atoms with E-state index in [0.29, 0.717) is 18.2 Å². The van der Waals surface area contributed by atoms with E-state index in [1.165, 1.54) is 5.56 Å². The number of hydrogen-bond donors (Lipinski definition) is 1. The summed E-state index contributed by atoms with van der Waals surface area (Å²) in [5, 5.41) is 3.39. The van der Waals surface area contributed by atoms with E-state index in [0.717, 1.165) is 32.0 Å². The van der Waals surface area contributed by atoms with Crippen LogP contribution >= 0.6 is 0 Å². The third kappa shape index (κ3) is 5.33. The Morgan fingerprint density at radius 2 is 2.04 bits per heavy atom. The van der Waals surface area contributed by atoms with Gasteiger partial charge in [0.05, 0.1) is 6.54 Å². The molecule has 1 saturated heterocycles. The Balaban J connectivity index is 1.95. The average molecular weight is 350 g/mol. The Morgan fingerprint density at radius 1 is 1.33 bits per heavy atom. The molecule has 24 heavy (non-hydrogen) atoms. The minimum atomic E-state index is -0.849. The lowest BCUT2D eigenvalue weighted by atomic mass is 9.99. The van der Waals surface area contributed by atoms with Crippen LogP contribution in [0.15, 0.2) is 35.3 Å². The van der Waals surface area contributed by atoms with Crippen LogP contribution in [-0.2, 0) is 10.8 Å². The molecule has 2 unspecified atom stereocenters. The highest BCUT2D eigenvalue weighted by atomic mass is 32.2. The molecule has 0 spiro atoms. The zero-order valence-corrected chi connectivity index (χ0v) is 16.2. The molecular formula is C19H31N3OS. The topological polar surface area (TPSA) is 44.7 Å². The summed E-state index contributed by atoms with van der Waals surface area (Å²) < 4.78 is 12.0. The Labute approximate surface area is 149 Å². The summed E-state index contributed by atoms with van der Waals surface area (Å²) in [6.45, 7) is 11.6. The number of aliphatic imine (C=N–C) groups is 1. The van der Waals surface area contributed by atoms with Crippen LogP contribution in [-0.4, -0.2) is 51.7 Å². The smallest absolute Gasteiger partial charge is 0.193 e. The molecule has 0 aliphatic carbocycles. The number of nitrogens with one attached hydrogen (secondary N) is 1. The molecule has 1 aromatic carbocycles. The maximum atomic E-state index is 12.2. The van der Waals surface area contributed by atoms with E-state index in [2.05, 4.69) is 47.5 Å². The Morgan fingerprint density at radius 3 is 2.67 bits per heavy atom. The van der Waals surface area contributed by atoms with Crippen molar-refractivity contribution in [1.82, 2.24) is 10.2 Å². The van der Waals surface area contributed by atoms with Gasteiger partial charge in [-0.3, -0.25) is 9.20 Å². The minimum absolute atomic E-state index is 0.167. The maximum Gasteiger partial charge on any atom is 0.193 e. The SMILES string of the molecule is CCNC(=NCCS(=O)C(C)(C)C)N1CCC(c2ccccc2)C1. The maximum absolute atomic E-state index is 12.2. The lowest BCUT2D eigenvalue weighted by Gasteiger charge is -2.22. The first-order valence-electron chi connectivity index (χ1n) is 8.88. The molecule has 1 aliphatic heterocycles. The summed E-state index contributed by atoms with van der Waals surface area (Å²) in [4.78, 5) is 7.05. The normalized spacial score (nSPS) is 20.2. The van der Waals surface area contributed by atoms with Gasteiger partial charge in [0.15, 0.2) is 5.96 Å². The molecular weight excluding hydrogens is 318 g/mol. The molecule has 0 amide bonds. The highest BCUT2D eigenvalue weighted by molar-refractivity contribution is 7.86. The van der Waals surface area contributed by atoms with Gasteiger partial charge in [-0.1, -0.05) is 30.3 Å². The van der Waals surface area contributed by atoms with Gasteiger partial charge in [0.1, 0.15) is 0 Å². The number of benzene rings is 1. The zero-order chi connectivity index (χ0) is 17.6. The molecule has 1 fully saturated rings. The Hall–Kier alpha value is -1.36. The summed E-state index contributed by atoms with van der Waals surface area (Å²) in [5.41, 5.74) is 1.41. The van der Waals surface area contributed by atoms with E-state index in [4.69, 9.17) is 4.99 Å². The molecule has 0 radical (unpaired) electrons. The van der Waals surface area contributed by atoms with E-state index in [-0.39, 0.29) is 4.75 Å². The number of rotatable bonds is 5. The van der Waals surface area contributed by atoms with Crippen LogP contribution in [0.25, 0.3) is 0 Å². The van der Waals surface area contributed by atoms with Crippen LogP contribution in [0.1, 0.15) is 45.6 Å². The second kappa shape index (κ2) is 8.65. The van der Waals surface area contributed by atoms with Crippen molar-refractivity contribution in [1.29, 1.82) is 0 Å². The average Bonchev–Trinajstić information content (AvgIpc) is 3.03. The molecule has 5 heteroatoms. The van der Waals surface area contributed by atoms with Gasteiger partial charge in [0, 0.05) is 46.9 Å². The fraction of sp³-hybridized carbons (Fsp3) is 0.632. The van der Waals surface area contributed by atoms with Crippen molar-refractivity contribution >= 4 is 16.8 Å². The van der Waals surface area contributed by atoms with Crippen LogP contribution in [0.4, 0.5) is 0 Å². The molecule has 1 aromatic rings. The van der Waals surface area contributed by atoms with Crippen molar-refractivity contribution < 1.29 is 4.21 Å². The Bertz CT molecular complexity index is 566. The highest BCUT2D eigenvalue weighted by Gasteiger charge is 2.26. The molecule has 2 atom stereocenters. The zero-order valence-electron chi connectivity index (χ0n) is 15.4. The number of hydrogen-bond acceptors (Lipinski definition) is 2. The van der Waals surface area contributed by atoms with Crippen molar-refractivity contribution in [2.24, 2.45) is 4.99 Å². The first kappa shape index (κ1) is 19.0. The molecule has 2 rings (SSSR count). The van der Waals surface area contributed by atoms with Gasteiger partial charge in [0.25, 0.3) is 0 Å². The van der Waals surface area contributed by atoms with Gasteiger partial charge in [-0.25, -0.2) is 0 Å². The minimum Gasteiger partial charge on any atom is -0.357 e. The highest BCUT2D eigenvalue weighted by Crippen LogP contribution is 2.26. The number of nitrogens with zero attached hydrogens (tertiary/aromatic N) is 2. The largest absolute Gasteiger partial charge is 0.357 e. The molecule has 4 nitrogen and oxygen atoms in total. The Kier molecular flexibility index (Phi) is 6.84. The summed E-state index contributed by atoms with van der Waals surface area (Å²) in [5.74, 6) is 2.15. The quantitative estimate of drug-likeness (QED) is 0.656. The van der Waals surface area contributed by atoms with Gasteiger partial charge >= 0.3 is 0 Å². The van der Waals surface area contributed by atoms with E-state index < -0.39 is 10.8 Å². The first-order valence-corrected chi connectivity index (χ1v) is 10.2. The van der Waals surface area contributed by atoms with Crippen molar-refractivity contribution in [3.05, 3.63) is 35.9 Å². The van der Waals surface area contributed by atoms with E-state index in [1.807, 2.05) is 20.8 Å². The van der Waals surface area contributed by atoms with Gasteiger partial charge in [0.2, 0.25) is 0 Å². The van der Waals surface area contributed by atoms with E-state index >= 15 is 0 Å². The fourth-order valence-electron chi connectivity index (χ4n) is 2.92. The van der Waals surface area contributed by atoms with Crippen LogP contribution < -0.4 is 5.32 Å². The second-order valence-electron chi connectivity index (χ2n) is 7.24. The monoisotopic (exact) mass is 349 g/mol. The molecule has 134 valence electrons. The van der Waals surface area contributed by atoms with Gasteiger partial charge in [-0.05, 0) is 39.7 Å². The van der Waals surface area contributed by atoms with Gasteiger partial charge in [-0.2, -0.15) is 0 Å². The van der Waals surface area contributed by atoms with Crippen molar-refractivity contribution in [3.8, 4) is 0 Å². The second-order valence-corrected chi connectivity index (χ2v) is 9.56. The predicted octanol–water partition coefficient (Wildman–Crippen LogP) is 2.99. The van der Waals surface area contributed by atoms with Gasteiger partial charge in [-0.15, -0.1) is 0 Å². The summed E-state index contributed by atoms with van der Waals surface area (Å²) >= 11 is 0. The van der Waals surface area contributed by atoms with Crippen molar-refractivity contribution in [3.63, 3.8) is 0 Å². The summed E-state index contributed by atoms with van der Waals surface area (Å²) in [7, 11) is -0.849. The lowest BCUT2D eigenvalue weighted by molar-refractivity contribution is 0.487. The third-order valence-corrected chi connectivity index (χ3v) is 6.23. The molecule has 1 aliphatic rings. The van der Waals surface area contributed by atoms with Crippen LogP contribution in [0.2, 0.25) is 0 Å². The van der Waals surface area contributed by atoms with Crippen LogP contribution in [0.5, 0.6) is 0 Å². The van der Waals surface area contributed by atoms with Gasteiger partial charge < -0.3 is 10.2 Å². The molecule has 1 N–H and O–H groups in total. The molecule has 1 heterocycles. The molecule has 0 saturated carbocycles. The predicted molar refractivity (Wildman–Crippen MR) is 104 cm³/mol. The van der Waals surface area contributed by atoms with E-state index in [1.54, 1.807) is 0 Å². The van der Waals surface area contributed by atoms with E-state index in [9.17, 15) is 4.21 Å². The summed E-state index contributed by atoms with van der Waals surface area (Å²) in [6, 6.07) is 10.7. The fourth-order valence-corrected chi connectivity index (χ4v) is 3.79. The number of likely N-dealkylation sites (tertiary alicyclic amines) is 1.